The summed E-state index contributed by atoms with van der Waals surface area (Å²) in [4.78, 5) is 37.4. The molecule has 1 fully saturated rings. The number of carbonyl (C=O) groups is 3. The topological polar surface area (TPSA) is 87.7 Å². The van der Waals surface area contributed by atoms with Crippen molar-refractivity contribution in [2.45, 2.75) is 45.3 Å². The predicted molar refractivity (Wildman–Crippen MR) is 92.7 cm³/mol. The van der Waals surface area contributed by atoms with Crippen molar-refractivity contribution >= 4 is 23.6 Å². The van der Waals surface area contributed by atoms with Gasteiger partial charge in [-0.3, -0.25) is 14.9 Å². The number of rotatable bonds is 3. The quantitative estimate of drug-likeness (QED) is 0.821. The average molecular weight is 345 g/mol. The molecule has 1 aromatic carbocycles. The van der Waals surface area contributed by atoms with Crippen molar-refractivity contribution in [2.24, 2.45) is 0 Å². The molecule has 7 nitrogen and oxygen atoms in total. The Morgan fingerprint density at radius 2 is 2.00 bits per heavy atom. The van der Waals surface area contributed by atoms with Crippen LogP contribution in [0.15, 0.2) is 18.2 Å². The van der Waals surface area contributed by atoms with Crippen molar-refractivity contribution in [1.29, 1.82) is 0 Å². The maximum atomic E-state index is 12.3. The molecule has 1 unspecified atom stereocenters. The van der Waals surface area contributed by atoms with Crippen LogP contribution in [0.25, 0.3) is 0 Å². The highest BCUT2D eigenvalue weighted by Gasteiger charge is 2.32. The van der Waals surface area contributed by atoms with E-state index in [9.17, 15) is 14.4 Å². The molecule has 7 heteroatoms. The molecule has 0 radical (unpaired) electrons. The average Bonchev–Trinajstić information content (AvgIpc) is 3.09. The number of imide groups is 1. The van der Waals surface area contributed by atoms with Crippen LogP contribution in [0.2, 0.25) is 0 Å². The summed E-state index contributed by atoms with van der Waals surface area (Å²) >= 11 is 0. The van der Waals surface area contributed by atoms with Gasteiger partial charge in [0, 0.05) is 18.8 Å². The highest BCUT2D eigenvalue weighted by molar-refractivity contribution is 6.21. The first-order chi connectivity index (χ1) is 11.7. The molecule has 0 saturated carbocycles. The first-order valence-corrected chi connectivity index (χ1v) is 8.48. The molecule has 0 aromatic heterocycles. The van der Waals surface area contributed by atoms with Gasteiger partial charge in [0.2, 0.25) is 0 Å². The van der Waals surface area contributed by atoms with Gasteiger partial charge in [0.05, 0.1) is 17.2 Å². The van der Waals surface area contributed by atoms with Gasteiger partial charge in [-0.1, -0.05) is 0 Å². The first kappa shape index (κ1) is 17.3. The summed E-state index contributed by atoms with van der Waals surface area (Å²) in [5.41, 5.74) is 1.01. The number of nitrogens with zero attached hydrogens (tertiary/aromatic N) is 1. The van der Waals surface area contributed by atoms with Gasteiger partial charge in [-0.15, -0.1) is 0 Å². The number of carbonyl (C=O) groups excluding carboxylic acids is 3. The summed E-state index contributed by atoms with van der Waals surface area (Å²) in [6, 6.07) is 5.11. The summed E-state index contributed by atoms with van der Waals surface area (Å²) < 4.78 is 5.46. The molecule has 1 atom stereocenters. The van der Waals surface area contributed by atoms with Crippen LogP contribution in [-0.2, 0) is 4.74 Å². The van der Waals surface area contributed by atoms with Crippen LogP contribution in [0.4, 0.5) is 10.5 Å². The van der Waals surface area contributed by atoms with Crippen LogP contribution in [0.5, 0.6) is 0 Å². The van der Waals surface area contributed by atoms with E-state index >= 15 is 0 Å². The van der Waals surface area contributed by atoms with E-state index in [1.54, 1.807) is 23.1 Å². The molecule has 3 amide bonds. The maximum Gasteiger partial charge on any atom is 0.410 e. The molecular weight excluding hydrogens is 322 g/mol. The van der Waals surface area contributed by atoms with Crippen LogP contribution < -0.4 is 10.6 Å². The van der Waals surface area contributed by atoms with Crippen LogP contribution in [-0.4, -0.2) is 47.5 Å². The molecule has 0 spiro atoms. The van der Waals surface area contributed by atoms with Gasteiger partial charge in [0.1, 0.15) is 5.60 Å². The molecule has 2 aliphatic heterocycles. The van der Waals surface area contributed by atoms with E-state index < -0.39 is 5.60 Å². The third kappa shape index (κ3) is 3.75. The number of ether oxygens (including phenoxy) is 1. The Balaban J connectivity index is 1.63. The largest absolute Gasteiger partial charge is 0.444 e. The van der Waals surface area contributed by atoms with Gasteiger partial charge in [-0.05, 0) is 51.8 Å². The Bertz CT molecular complexity index is 724. The second-order valence-corrected chi connectivity index (χ2v) is 7.39. The van der Waals surface area contributed by atoms with Crippen LogP contribution in [0, 0.1) is 0 Å². The normalized spacial score (nSPS) is 19.6. The summed E-state index contributed by atoms with van der Waals surface area (Å²) in [5, 5.41) is 5.53. The lowest BCUT2D eigenvalue weighted by molar-refractivity contribution is 0.0235. The number of likely N-dealkylation sites (tertiary alicyclic amines) is 1. The molecule has 1 saturated heterocycles. The SMILES string of the molecule is CC(C)(C)OC(=O)N1CCCC1CNc1ccc2c(c1)C(=O)NC2=O. The number of anilines is 1. The number of hydrogen-bond donors (Lipinski definition) is 2. The van der Waals surface area contributed by atoms with Crippen LogP contribution in [0.3, 0.4) is 0 Å². The van der Waals surface area contributed by atoms with Gasteiger partial charge in [-0.25, -0.2) is 4.79 Å². The molecule has 1 aromatic rings. The third-order valence-corrected chi connectivity index (χ3v) is 4.28. The Hall–Kier alpha value is -2.57. The monoisotopic (exact) mass is 345 g/mol. The number of nitrogens with one attached hydrogen (secondary N) is 2. The first-order valence-electron chi connectivity index (χ1n) is 8.48. The van der Waals surface area contributed by atoms with E-state index in [-0.39, 0.29) is 23.9 Å². The second-order valence-electron chi connectivity index (χ2n) is 7.39. The Morgan fingerprint density at radius 1 is 1.28 bits per heavy atom. The molecular formula is C18H23N3O4. The molecule has 2 heterocycles. The molecule has 25 heavy (non-hydrogen) atoms. The lowest BCUT2D eigenvalue weighted by Gasteiger charge is -2.29. The fourth-order valence-electron chi connectivity index (χ4n) is 3.12. The predicted octanol–water partition coefficient (Wildman–Crippen LogP) is 2.38. The van der Waals surface area contributed by atoms with Gasteiger partial charge >= 0.3 is 6.09 Å². The number of hydrogen-bond acceptors (Lipinski definition) is 5. The lowest BCUT2D eigenvalue weighted by Crippen LogP contribution is -2.42. The minimum Gasteiger partial charge on any atom is -0.444 e. The van der Waals surface area contributed by atoms with Crippen LogP contribution >= 0.6 is 0 Å². The van der Waals surface area contributed by atoms with Crippen molar-refractivity contribution in [3.8, 4) is 0 Å². The van der Waals surface area contributed by atoms with Crippen molar-refractivity contribution in [3.63, 3.8) is 0 Å². The van der Waals surface area contributed by atoms with E-state index in [2.05, 4.69) is 10.6 Å². The summed E-state index contributed by atoms with van der Waals surface area (Å²) in [5.74, 6) is -0.738. The van der Waals surface area contributed by atoms with Gasteiger partial charge < -0.3 is 15.0 Å². The van der Waals surface area contributed by atoms with E-state index in [1.165, 1.54) is 0 Å². The van der Waals surface area contributed by atoms with Gasteiger partial charge in [0.25, 0.3) is 11.8 Å². The number of benzene rings is 1. The molecule has 2 aliphatic rings. The fourth-order valence-corrected chi connectivity index (χ4v) is 3.12. The van der Waals surface area contributed by atoms with Gasteiger partial charge in [-0.2, -0.15) is 0 Å². The Morgan fingerprint density at radius 3 is 2.72 bits per heavy atom. The Kier molecular flexibility index (Phi) is 4.41. The fraction of sp³-hybridized carbons (Fsp3) is 0.500. The molecule has 0 aliphatic carbocycles. The van der Waals surface area contributed by atoms with E-state index in [1.807, 2.05) is 20.8 Å². The van der Waals surface area contributed by atoms with Crippen molar-refractivity contribution in [1.82, 2.24) is 10.2 Å². The molecule has 3 rings (SSSR count). The zero-order valence-corrected chi connectivity index (χ0v) is 14.7. The summed E-state index contributed by atoms with van der Waals surface area (Å²) in [6.45, 7) is 6.80. The maximum absolute atomic E-state index is 12.3. The molecule has 0 bridgehead atoms. The highest BCUT2D eigenvalue weighted by atomic mass is 16.6. The number of amides is 3. The summed E-state index contributed by atoms with van der Waals surface area (Å²) in [6.07, 6.45) is 1.54. The smallest absolute Gasteiger partial charge is 0.410 e. The van der Waals surface area contributed by atoms with E-state index in [0.717, 1.165) is 18.5 Å². The highest BCUT2D eigenvalue weighted by Crippen LogP contribution is 2.23. The zero-order chi connectivity index (χ0) is 18.2. The number of fused-ring (bicyclic) bond motifs is 1. The van der Waals surface area contributed by atoms with Crippen molar-refractivity contribution in [3.05, 3.63) is 29.3 Å². The van der Waals surface area contributed by atoms with E-state index in [0.29, 0.717) is 24.2 Å². The third-order valence-electron chi connectivity index (χ3n) is 4.28. The second kappa shape index (κ2) is 6.38. The molecule has 134 valence electrons. The van der Waals surface area contributed by atoms with Crippen molar-refractivity contribution in [2.75, 3.05) is 18.4 Å². The lowest BCUT2D eigenvalue weighted by atomic mass is 10.1. The van der Waals surface area contributed by atoms with E-state index in [4.69, 9.17) is 4.74 Å². The van der Waals surface area contributed by atoms with Crippen LogP contribution in [0.1, 0.15) is 54.3 Å². The van der Waals surface area contributed by atoms with Crippen molar-refractivity contribution < 1.29 is 19.1 Å². The summed E-state index contributed by atoms with van der Waals surface area (Å²) in [7, 11) is 0. The standard InChI is InChI=1S/C18H23N3O4/c1-18(2,3)25-17(24)21-8-4-5-12(21)10-19-11-6-7-13-14(9-11)16(23)20-15(13)22/h6-7,9,12,19H,4-5,8,10H2,1-3H3,(H,20,22,23). The minimum atomic E-state index is -0.516. The molecule has 2 N–H and O–H groups in total. The Labute approximate surface area is 146 Å². The zero-order valence-electron chi connectivity index (χ0n) is 14.7. The minimum absolute atomic E-state index is 0.0403. The van der Waals surface area contributed by atoms with Gasteiger partial charge in [0.15, 0.2) is 0 Å².